The number of aryl methyl sites for hydroxylation is 1. The van der Waals surface area contributed by atoms with Crippen molar-refractivity contribution in [2.75, 3.05) is 25.6 Å². The molecule has 2 rings (SSSR count). The van der Waals surface area contributed by atoms with E-state index in [1.54, 1.807) is 12.0 Å². The van der Waals surface area contributed by atoms with Gasteiger partial charge in [0, 0.05) is 32.4 Å². The third-order valence-corrected chi connectivity index (χ3v) is 4.18. The van der Waals surface area contributed by atoms with E-state index in [4.69, 9.17) is 10.5 Å². The van der Waals surface area contributed by atoms with Crippen molar-refractivity contribution in [3.8, 4) is 0 Å². The highest BCUT2D eigenvalue weighted by Crippen LogP contribution is 2.33. The minimum absolute atomic E-state index is 0.294. The number of nitrogens with zero attached hydrogens (tertiary/aromatic N) is 1. The molecule has 1 fully saturated rings. The van der Waals surface area contributed by atoms with E-state index in [1.165, 1.54) is 0 Å². The third kappa shape index (κ3) is 3.22. The molecule has 1 aromatic rings. The topological polar surface area (TPSA) is 84.7 Å². The highest BCUT2D eigenvalue weighted by Gasteiger charge is 2.48. The molecule has 22 heavy (non-hydrogen) atoms. The van der Waals surface area contributed by atoms with E-state index >= 15 is 0 Å². The number of methoxy groups -OCH3 is 1. The summed E-state index contributed by atoms with van der Waals surface area (Å²) in [5.41, 5.74) is 6.41. The minimum atomic E-state index is -0.954. The highest BCUT2D eigenvalue weighted by atomic mass is 16.5. The number of nitrogens with two attached hydrogens (primary N) is 1. The zero-order valence-corrected chi connectivity index (χ0v) is 13.1. The van der Waals surface area contributed by atoms with Crippen LogP contribution in [0.4, 0.5) is 10.5 Å². The number of carbonyl (C=O) groups is 2. The van der Waals surface area contributed by atoms with Gasteiger partial charge in [0.25, 0.3) is 0 Å². The summed E-state index contributed by atoms with van der Waals surface area (Å²) in [6, 6.07) is 7.24. The zero-order valence-electron chi connectivity index (χ0n) is 13.1. The Bertz CT molecular complexity index is 561. The minimum Gasteiger partial charge on any atom is -0.385 e. The van der Waals surface area contributed by atoms with Crippen molar-refractivity contribution in [2.45, 2.75) is 31.7 Å². The predicted molar refractivity (Wildman–Crippen MR) is 84.6 cm³/mol. The Kier molecular flexibility index (Phi) is 5.03. The summed E-state index contributed by atoms with van der Waals surface area (Å²) in [6.07, 6.45) is 1.75. The number of ether oxygens (including phenoxy) is 1. The highest BCUT2D eigenvalue weighted by molar-refractivity contribution is 5.96. The van der Waals surface area contributed by atoms with E-state index in [9.17, 15) is 9.59 Å². The molecule has 1 heterocycles. The van der Waals surface area contributed by atoms with E-state index < -0.39 is 11.4 Å². The molecule has 0 aliphatic carbocycles. The van der Waals surface area contributed by atoms with E-state index in [0.29, 0.717) is 31.7 Å². The first-order valence-corrected chi connectivity index (χ1v) is 7.44. The van der Waals surface area contributed by atoms with Crippen molar-refractivity contribution in [3.63, 3.8) is 0 Å². The zero-order chi connectivity index (χ0) is 16.2. The number of amides is 3. The summed E-state index contributed by atoms with van der Waals surface area (Å²) >= 11 is 0. The van der Waals surface area contributed by atoms with Gasteiger partial charge in [-0.25, -0.2) is 4.79 Å². The lowest BCUT2D eigenvalue weighted by atomic mass is 9.91. The van der Waals surface area contributed by atoms with Crippen molar-refractivity contribution in [1.82, 2.24) is 4.90 Å². The molecule has 6 nitrogen and oxygen atoms in total. The Hall–Kier alpha value is -2.08. The van der Waals surface area contributed by atoms with Crippen LogP contribution in [-0.2, 0) is 9.53 Å². The van der Waals surface area contributed by atoms with Crippen LogP contribution in [0.3, 0.4) is 0 Å². The Morgan fingerprint density at radius 3 is 2.86 bits per heavy atom. The van der Waals surface area contributed by atoms with Crippen LogP contribution in [0.5, 0.6) is 0 Å². The second kappa shape index (κ2) is 6.79. The molecule has 3 N–H and O–H groups in total. The van der Waals surface area contributed by atoms with Gasteiger partial charge in [-0.2, -0.15) is 0 Å². The molecule has 1 unspecified atom stereocenters. The maximum Gasteiger partial charge on any atom is 0.322 e. The van der Waals surface area contributed by atoms with Gasteiger partial charge in [-0.15, -0.1) is 0 Å². The maximum absolute atomic E-state index is 12.6. The Morgan fingerprint density at radius 1 is 1.45 bits per heavy atom. The number of nitrogens with one attached hydrogen (secondary N) is 1. The van der Waals surface area contributed by atoms with Gasteiger partial charge in [0.05, 0.1) is 0 Å². The number of hydrogen-bond acceptors (Lipinski definition) is 3. The summed E-state index contributed by atoms with van der Waals surface area (Å²) < 4.78 is 5.07. The largest absolute Gasteiger partial charge is 0.385 e. The van der Waals surface area contributed by atoms with Crippen molar-refractivity contribution < 1.29 is 14.3 Å². The number of urea groups is 1. The summed E-state index contributed by atoms with van der Waals surface area (Å²) in [6.45, 7) is 2.86. The Labute approximate surface area is 130 Å². The molecule has 0 saturated carbocycles. The van der Waals surface area contributed by atoms with Crippen LogP contribution < -0.4 is 11.1 Å². The average Bonchev–Trinajstić information content (AvgIpc) is 2.90. The number of likely N-dealkylation sites (tertiary alicyclic amines) is 1. The smallest absolute Gasteiger partial charge is 0.322 e. The van der Waals surface area contributed by atoms with Crippen molar-refractivity contribution in [3.05, 3.63) is 29.8 Å². The first-order valence-electron chi connectivity index (χ1n) is 7.44. The molecule has 6 heteroatoms. The van der Waals surface area contributed by atoms with E-state index in [2.05, 4.69) is 5.32 Å². The number of carbonyl (C=O) groups excluding carboxylic acids is 2. The predicted octanol–water partition coefficient (Wildman–Crippen LogP) is 1.88. The molecule has 1 atom stereocenters. The quantitative estimate of drug-likeness (QED) is 0.871. The lowest BCUT2D eigenvalue weighted by Crippen LogP contribution is -2.57. The van der Waals surface area contributed by atoms with Gasteiger partial charge in [0.15, 0.2) is 0 Å². The van der Waals surface area contributed by atoms with Gasteiger partial charge in [0.2, 0.25) is 5.91 Å². The molecule has 120 valence electrons. The van der Waals surface area contributed by atoms with Crippen LogP contribution in [0.15, 0.2) is 24.3 Å². The van der Waals surface area contributed by atoms with E-state index in [1.807, 2.05) is 31.2 Å². The lowest BCUT2D eigenvalue weighted by molar-refractivity contribution is -0.128. The number of benzene rings is 1. The molecule has 3 amide bonds. The summed E-state index contributed by atoms with van der Waals surface area (Å²) in [5, 5.41) is 2.85. The Morgan fingerprint density at radius 2 is 2.23 bits per heavy atom. The molecule has 0 radical (unpaired) electrons. The number of primary amides is 1. The summed E-state index contributed by atoms with van der Waals surface area (Å²) in [7, 11) is 1.57. The van der Waals surface area contributed by atoms with Crippen LogP contribution >= 0.6 is 0 Å². The van der Waals surface area contributed by atoms with Gasteiger partial charge < -0.3 is 20.7 Å². The molecule has 1 aliphatic rings. The third-order valence-electron chi connectivity index (χ3n) is 4.18. The van der Waals surface area contributed by atoms with Crippen LogP contribution in [0.1, 0.15) is 24.8 Å². The van der Waals surface area contributed by atoms with Crippen LogP contribution in [0.2, 0.25) is 0 Å². The first kappa shape index (κ1) is 16.3. The Balaban J connectivity index is 2.17. The molecule has 1 aromatic carbocycles. The van der Waals surface area contributed by atoms with Crippen LogP contribution in [0.25, 0.3) is 0 Å². The lowest BCUT2D eigenvalue weighted by Gasteiger charge is -2.35. The monoisotopic (exact) mass is 305 g/mol. The molecule has 0 aromatic heterocycles. The van der Waals surface area contributed by atoms with E-state index in [-0.39, 0.29) is 6.03 Å². The van der Waals surface area contributed by atoms with Gasteiger partial charge in [-0.1, -0.05) is 12.1 Å². The van der Waals surface area contributed by atoms with Crippen LogP contribution in [0, 0.1) is 6.92 Å². The van der Waals surface area contributed by atoms with Gasteiger partial charge in [-0.05, 0) is 37.5 Å². The number of rotatable bonds is 5. The SMILES string of the molecule is COCCC1(C(N)=O)CCCN1C(=O)Nc1cccc(C)c1. The van der Waals surface area contributed by atoms with Crippen LogP contribution in [-0.4, -0.2) is 42.6 Å². The average molecular weight is 305 g/mol. The fourth-order valence-corrected chi connectivity index (χ4v) is 3.00. The normalized spacial score (nSPS) is 20.9. The summed E-state index contributed by atoms with van der Waals surface area (Å²) in [4.78, 5) is 26.1. The van der Waals surface area contributed by atoms with Gasteiger partial charge in [-0.3, -0.25) is 4.79 Å². The van der Waals surface area contributed by atoms with Crippen molar-refractivity contribution in [2.24, 2.45) is 5.73 Å². The molecule has 1 saturated heterocycles. The van der Waals surface area contributed by atoms with E-state index in [0.717, 1.165) is 12.0 Å². The second-order valence-corrected chi connectivity index (χ2v) is 5.69. The molecular formula is C16H23N3O3. The molecular weight excluding hydrogens is 282 g/mol. The number of hydrogen-bond donors (Lipinski definition) is 2. The van der Waals surface area contributed by atoms with Crippen molar-refractivity contribution >= 4 is 17.6 Å². The van der Waals surface area contributed by atoms with Gasteiger partial charge >= 0.3 is 6.03 Å². The standard InChI is InChI=1S/C16H23N3O3/c1-12-5-3-6-13(11-12)18-15(21)19-9-4-7-16(19,14(17)20)8-10-22-2/h3,5-6,11H,4,7-10H2,1-2H3,(H2,17,20)(H,18,21). The first-order chi connectivity index (χ1) is 10.5. The fourth-order valence-electron chi connectivity index (χ4n) is 3.00. The summed E-state index contributed by atoms with van der Waals surface area (Å²) in [5.74, 6) is -0.471. The van der Waals surface area contributed by atoms with Gasteiger partial charge in [0.1, 0.15) is 5.54 Å². The van der Waals surface area contributed by atoms with Crippen molar-refractivity contribution in [1.29, 1.82) is 0 Å². The second-order valence-electron chi connectivity index (χ2n) is 5.69. The maximum atomic E-state index is 12.6. The molecule has 0 bridgehead atoms. The number of anilines is 1. The molecule has 0 spiro atoms. The fraction of sp³-hybridized carbons (Fsp3) is 0.500. The molecule has 1 aliphatic heterocycles.